The topological polar surface area (TPSA) is 44.1 Å². The Bertz CT molecular complexity index is 704. The highest BCUT2D eigenvalue weighted by Gasteiger charge is 2.21. The largest absolute Gasteiger partial charge is 0.534 e. The molecule has 1 aromatic heterocycles. The van der Waals surface area contributed by atoms with Crippen LogP contribution in [0.25, 0.3) is 0 Å². The zero-order valence-corrected chi connectivity index (χ0v) is 17.1. The SMILES string of the molecule is C[C@H](c1ccccc1)n1cncc1C(=O)O[B]C1CCCCCCCCCC1. The minimum Gasteiger partial charge on any atom is -0.534 e. The van der Waals surface area contributed by atoms with E-state index in [4.69, 9.17) is 4.65 Å². The van der Waals surface area contributed by atoms with Crippen molar-refractivity contribution in [2.75, 3.05) is 0 Å². The van der Waals surface area contributed by atoms with Crippen molar-refractivity contribution >= 4 is 13.5 Å². The Hall–Kier alpha value is -2.04. The lowest BCUT2D eigenvalue weighted by atomic mass is 9.73. The van der Waals surface area contributed by atoms with Gasteiger partial charge in [-0.1, -0.05) is 94.5 Å². The van der Waals surface area contributed by atoms with Gasteiger partial charge in [0, 0.05) is 0 Å². The van der Waals surface area contributed by atoms with Crippen molar-refractivity contribution in [1.29, 1.82) is 0 Å². The normalized spacial score (nSPS) is 18.0. The summed E-state index contributed by atoms with van der Waals surface area (Å²) in [5, 5.41) is 0. The van der Waals surface area contributed by atoms with Crippen molar-refractivity contribution in [1.82, 2.24) is 9.55 Å². The molecule has 0 aliphatic heterocycles. The van der Waals surface area contributed by atoms with E-state index in [0.717, 1.165) is 18.4 Å². The number of nitrogens with zero attached hydrogens (tertiary/aromatic N) is 2. The molecule has 3 rings (SSSR count). The summed E-state index contributed by atoms with van der Waals surface area (Å²) in [5.41, 5.74) is 1.64. The van der Waals surface area contributed by atoms with Gasteiger partial charge in [0.25, 0.3) is 0 Å². The molecule has 1 aliphatic rings. The molecule has 4 nitrogen and oxygen atoms in total. The van der Waals surface area contributed by atoms with E-state index < -0.39 is 0 Å². The van der Waals surface area contributed by atoms with Crippen molar-refractivity contribution < 1.29 is 9.45 Å². The standard InChI is InChI=1S/C23H32BN2O2/c1-19(20-13-9-8-10-14-20)26-18-25-17-22(26)23(27)28-24-21-15-11-6-4-2-3-5-7-12-16-21/h8-10,13-14,17-19,21H,2-7,11-12,15-16H2,1H3/t19-/m1/s1. The molecule has 2 aromatic rings. The van der Waals surface area contributed by atoms with Crippen molar-refractivity contribution in [2.45, 2.75) is 83.0 Å². The van der Waals surface area contributed by atoms with E-state index in [-0.39, 0.29) is 12.0 Å². The molecule has 0 saturated heterocycles. The molecule has 0 spiro atoms. The van der Waals surface area contributed by atoms with Crippen molar-refractivity contribution in [3.05, 3.63) is 54.1 Å². The third-order valence-corrected chi connectivity index (χ3v) is 5.84. The number of carbonyl (C=O) groups is 1. The third-order valence-electron chi connectivity index (χ3n) is 5.84. The Kier molecular flexibility index (Phi) is 8.19. The minimum atomic E-state index is -0.311. The Morgan fingerprint density at radius 3 is 2.29 bits per heavy atom. The van der Waals surface area contributed by atoms with Gasteiger partial charge in [0.2, 0.25) is 0 Å². The van der Waals surface area contributed by atoms with Crippen LogP contribution in [-0.4, -0.2) is 23.0 Å². The van der Waals surface area contributed by atoms with E-state index in [2.05, 4.69) is 24.0 Å². The Labute approximate surface area is 170 Å². The number of hydrogen-bond acceptors (Lipinski definition) is 3. The van der Waals surface area contributed by atoms with Crippen LogP contribution in [0.1, 0.15) is 93.2 Å². The molecule has 1 radical (unpaired) electrons. The first-order valence-electron chi connectivity index (χ1n) is 10.9. The number of imidazole rings is 1. The molecule has 0 unspecified atom stereocenters. The second-order valence-electron chi connectivity index (χ2n) is 7.98. The average molecular weight is 379 g/mol. The van der Waals surface area contributed by atoms with E-state index in [1.54, 1.807) is 20.0 Å². The van der Waals surface area contributed by atoms with Gasteiger partial charge in [-0.3, -0.25) is 0 Å². The highest BCUT2D eigenvalue weighted by Crippen LogP contribution is 2.25. The van der Waals surface area contributed by atoms with Gasteiger partial charge in [0.1, 0.15) is 5.69 Å². The first kappa shape index (κ1) is 20.7. The fourth-order valence-electron chi connectivity index (χ4n) is 4.04. The van der Waals surface area contributed by atoms with Crippen LogP contribution < -0.4 is 0 Å². The van der Waals surface area contributed by atoms with Gasteiger partial charge < -0.3 is 9.22 Å². The third kappa shape index (κ3) is 5.98. The van der Waals surface area contributed by atoms with E-state index in [1.807, 2.05) is 22.8 Å². The van der Waals surface area contributed by atoms with E-state index >= 15 is 0 Å². The fraction of sp³-hybridized carbons (Fsp3) is 0.565. The lowest BCUT2D eigenvalue weighted by molar-refractivity contribution is 0.0724. The molecule has 1 heterocycles. The molecule has 1 fully saturated rings. The number of rotatable bonds is 5. The summed E-state index contributed by atoms with van der Waals surface area (Å²) in [5.74, 6) is 0.0552. The van der Waals surface area contributed by atoms with E-state index in [0.29, 0.717) is 11.5 Å². The molecule has 149 valence electrons. The van der Waals surface area contributed by atoms with Gasteiger partial charge in [-0.2, -0.15) is 0 Å². The monoisotopic (exact) mass is 379 g/mol. The van der Waals surface area contributed by atoms with Gasteiger partial charge in [0.15, 0.2) is 0 Å². The summed E-state index contributed by atoms with van der Waals surface area (Å²) < 4.78 is 7.52. The molecule has 1 atom stereocenters. The first-order valence-corrected chi connectivity index (χ1v) is 10.9. The smallest absolute Gasteiger partial charge is 0.377 e. The Morgan fingerprint density at radius 1 is 1.04 bits per heavy atom. The first-order chi connectivity index (χ1) is 13.8. The van der Waals surface area contributed by atoms with Crippen LogP contribution in [0.4, 0.5) is 0 Å². The molecule has 0 bridgehead atoms. The van der Waals surface area contributed by atoms with Gasteiger partial charge >= 0.3 is 13.5 Å². The lowest BCUT2D eigenvalue weighted by Gasteiger charge is -2.18. The molecular formula is C23H32BN2O2. The maximum Gasteiger partial charge on any atom is 0.377 e. The second-order valence-corrected chi connectivity index (χ2v) is 7.98. The molecule has 28 heavy (non-hydrogen) atoms. The highest BCUT2D eigenvalue weighted by molar-refractivity contribution is 6.33. The maximum atomic E-state index is 12.7. The predicted octanol–water partition coefficient (Wildman–Crippen LogP) is 5.97. The molecule has 1 saturated carbocycles. The van der Waals surface area contributed by atoms with Crippen LogP contribution in [0.2, 0.25) is 5.82 Å². The summed E-state index contributed by atoms with van der Waals surface area (Å²) in [4.78, 5) is 16.9. The summed E-state index contributed by atoms with van der Waals surface area (Å²) in [6.45, 7) is 2.07. The van der Waals surface area contributed by atoms with Gasteiger partial charge in [-0.15, -0.1) is 0 Å². The van der Waals surface area contributed by atoms with E-state index in [1.165, 1.54) is 51.4 Å². The predicted molar refractivity (Wildman–Crippen MR) is 114 cm³/mol. The van der Waals surface area contributed by atoms with Gasteiger partial charge in [-0.25, -0.2) is 9.78 Å². The van der Waals surface area contributed by atoms with Crippen LogP contribution in [0.3, 0.4) is 0 Å². The quantitative estimate of drug-likeness (QED) is 0.601. The van der Waals surface area contributed by atoms with Crippen molar-refractivity contribution in [3.8, 4) is 0 Å². The lowest BCUT2D eigenvalue weighted by Crippen LogP contribution is -2.19. The molecular weight excluding hydrogens is 347 g/mol. The van der Waals surface area contributed by atoms with Gasteiger partial charge in [-0.05, 0) is 18.3 Å². The Balaban J connectivity index is 1.58. The Morgan fingerprint density at radius 2 is 1.64 bits per heavy atom. The zero-order valence-electron chi connectivity index (χ0n) is 17.1. The van der Waals surface area contributed by atoms with Gasteiger partial charge in [0.05, 0.1) is 18.6 Å². The zero-order chi connectivity index (χ0) is 19.6. The molecule has 0 N–H and O–H groups in total. The number of carbonyl (C=O) groups excluding carboxylic acids is 1. The average Bonchev–Trinajstić information content (AvgIpc) is 3.20. The van der Waals surface area contributed by atoms with Crippen LogP contribution in [0.15, 0.2) is 42.9 Å². The second kappa shape index (κ2) is 11.1. The van der Waals surface area contributed by atoms with E-state index in [9.17, 15) is 4.79 Å². The number of aromatic nitrogens is 2. The molecule has 1 aliphatic carbocycles. The molecule has 5 heteroatoms. The molecule has 1 aromatic carbocycles. The summed E-state index contributed by atoms with van der Waals surface area (Å²) in [6, 6.07) is 10.2. The van der Waals surface area contributed by atoms with Crippen LogP contribution in [0.5, 0.6) is 0 Å². The minimum absolute atomic E-state index is 0.0312. The summed E-state index contributed by atoms with van der Waals surface area (Å²) >= 11 is 0. The number of benzene rings is 1. The highest BCUT2D eigenvalue weighted by atomic mass is 16.5. The maximum absolute atomic E-state index is 12.7. The number of hydrogen-bond donors (Lipinski definition) is 0. The molecule has 0 amide bonds. The van der Waals surface area contributed by atoms with Crippen molar-refractivity contribution in [2.24, 2.45) is 0 Å². The van der Waals surface area contributed by atoms with Crippen LogP contribution in [-0.2, 0) is 4.65 Å². The fourth-order valence-corrected chi connectivity index (χ4v) is 4.04. The summed E-state index contributed by atoms with van der Waals surface area (Å²) in [6.07, 6.45) is 16.0. The van der Waals surface area contributed by atoms with Crippen LogP contribution >= 0.6 is 0 Å². The van der Waals surface area contributed by atoms with Crippen LogP contribution in [0, 0.1) is 0 Å². The summed E-state index contributed by atoms with van der Waals surface area (Å²) in [7, 11) is 1.80. The van der Waals surface area contributed by atoms with Crippen molar-refractivity contribution in [3.63, 3.8) is 0 Å².